The Labute approximate surface area is 97.3 Å². The van der Waals surface area contributed by atoms with E-state index in [9.17, 15) is 4.79 Å². The lowest BCUT2D eigenvalue weighted by Gasteiger charge is -2.39. The first-order valence-corrected chi connectivity index (χ1v) is 6.17. The smallest absolute Gasteiger partial charge is 0.410 e. The highest BCUT2D eigenvalue weighted by atomic mass is 16.6. The maximum absolute atomic E-state index is 11.8. The van der Waals surface area contributed by atoms with Gasteiger partial charge >= 0.3 is 6.09 Å². The topological polar surface area (TPSA) is 41.6 Å². The molecule has 0 aliphatic carbocycles. The van der Waals surface area contributed by atoms with E-state index in [1.54, 1.807) is 0 Å². The zero-order valence-corrected chi connectivity index (χ0v) is 10.5. The van der Waals surface area contributed by atoms with E-state index >= 15 is 0 Å². The monoisotopic (exact) mass is 226 g/mol. The van der Waals surface area contributed by atoms with Gasteiger partial charge in [0, 0.05) is 12.1 Å². The number of carbonyl (C=O) groups is 1. The van der Waals surface area contributed by atoms with Gasteiger partial charge in [0.25, 0.3) is 0 Å². The van der Waals surface area contributed by atoms with E-state index in [-0.39, 0.29) is 17.7 Å². The van der Waals surface area contributed by atoms with Crippen molar-refractivity contribution in [1.82, 2.24) is 10.2 Å². The molecule has 1 N–H and O–H groups in total. The van der Waals surface area contributed by atoms with E-state index in [0.717, 1.165) is 13.1 Å². The summed E-state index contributed by atoms with van der Waals surface area (Å²) in [5.41, 5.74) is -0.143. The first-order valence-electron chi connectivity index (χ1n) is 6.17. The van der Waals surface area contributed by atoms with Gasteiger partial charge in [-0.25, -0.2) is 4.79 Å². The minimum absolute atomic E-state index is 0.143. The summed E-state index contributed by atoms with van der Waals surface area (Å²) in [6.07, 6.45) is 2.25. The normalized spacial score (nSPS) is 31.7. The number of rotatable bonds is 1. The van der Waals surface area contributed by atoms with Gasteiger partial charge in [0.15, 0.2) is 0 Å². The van der Waals surface area contributed by atoms with Gasteiger partial charge in [-0.2, -0.15) is 0 Å². The molecule has 0 aromatic rings. The molecule has 2 aliphatic rings. The molecule has 1 amide bonds. The van der Waals surface area contributed by atoms with Crippen LogP contribution in [0.2, 0.25) is 0 Å². The lowest BCUT2D eigenvalue weighted by Crippen LogP contribution is -2.52. The van der Waals surface area contributed by atoms with E-state index in [1.807, 2.05) is 4.90 Å². The molecule has 2 aliphatic heterocycles. The Kier molecular flexibility index (Phi) is 3.10. The third-order valence-corrected chi connectivity index (χ3v) is 3.51. The number of ether oxygens (including phenoxy) is 1. The quantitative estimate of drug-likeness (QED) is 0.738. The summed E-state index contributed by atoms with van der Waals surface area (Å²) >= 11 is 0. The zero-order chi connectivity index (χ0) is 11.8. The molecule has 0 spiro atoms. The van der Waals surface area contributed by atoms with Gasteiger partial charge in [-0.3, -0.25) is 4.90 Å². The predicted molar refractivity (Wildman–Crippen MR) is 62.3 cm³/mol. The van der Waals surface area contributed by atoms with E-state index < -0.39 is 0 Å². The number of nitrogens with zero attached hydrogens (tertiary/aromatic N) is 1. The lowest BCUT2D eigenvalue weighted by molar-refractivity contribution is 0.101. The Morgan fingerprint density at radius 1 is 1.44 bits per heavy atom. The van der Waals surface area contributed by atoms with E-state index in [4.69, 9.17) is 4.74 Å². The maximum Gasteiger partial charge on any atom is 0.410 e. The fourth-order valence-electron chi connectivity index (χ4n) is 2.76. The van der Waals surface area contributed by atoms with Crippen molar-refractivity contribution >= 4 is 6.09 Å². The summed E-state index contributed by atoms with van der Waals surface area (Å²) in [7, 11) is 0. The Bertz CT molecular complexity index is 267. The molecule has 0 radical (unpaired) electrons. The lowest BCUT2D eigenvalue weighted by atomic mass is 9.89. The Balaban J connectivity index is 2.10. The van der Waals surface area contributed by atoms with Crippen LogP contribution in [0, 0.1) is 5.92 Å². The van der Waals surface area contributed by atoms with Crippen molar-refractivity contribution in [3.63, 3.8) is 0 Å². The molecular formula is C12H22N2O2. The average Bonchev–Trinajstić information content (AvgIpc) is 2.61. The van der Waals surface area contributed by atoms with Crippen LogP contribution in [0.5, 0.6) is 0 Å². The highest BCUT2D eigenvalue weighted by Gasteiger charge is 2.43. The highest BCUT2D eigenvalue weighted by molar-refractivity contribution is 5.71. The van der Waals surface area contributed by atoms with Crippen molar-refractivity contribution in [2.24, 2.45) is 5.92 Å². The van der Waals surface area contributed by atoms with Crippen molar-refractivity contribution in [2.75, 3.05) is 19.7 Å². The van der Waals surface area contributed by atoms with Crippen LogP contribution in [0.15, 0.2) is 0 Å². The van der Waals surface area contributed by atoms with Crippen molar-refractivity contribution in [1.29, 1.82) is 0 Å². The molecule has 2 unspecified atom stereocenters. The fourth-order valence-corrected chi connectivity index (χ4v) is 2.76. The number of amides is 1. The number of carbonyl (C=O) groups excluding carboxylic acids is 1. The molecule has 2 fully saturated rings. The number of hydrogen-bond acceptors (Lipinski definition) is 3. The second-order valence-electron chi connectivity index (χ2n) is 5.79. The Hall–Kier alpha value is -0.770. The highest BCUT2D eigenvalue weighted by Crippen LogP contribution is 2.30. The molecule has 2 saturated heterocycles. The Morgan fingerprint density at radius 3 is 2.75 bits per heavy atom. The molecule has 0 aromatic carbocycles. The second kappa shape index (κ2) is 4.24. The molecule has 2 heterocycles. The first-order chi connectivity index (χ1) is 7.50. The number of cyclic esters (lactones) is 1. The SMILES string of the molecule is CC(C)(C)N1C(=O)OCC1C1CCCNC1. The largest absolute Gasteiger partial charge is 0.447 e. The zero-order valence-electron chi connectivity index (χ0n) is 10.5. The molecule has 0 bridgehead atoms. The van der Waals surface area contributed by atoms with Gasteiger partial charge in [0.05, 0.1) is 6.04 Å². The average molecular weight is 226 g/mol. The van der Waals surface area contributed by atoms with Gasteiger partial charge in [0.2, 0.25) is 0 Å². The van der Waals surface area contributed by atoms with Crippen molar-refractivity contribution in [2.45, 2.75) is 45.2 Å². The molecule has 4 nitrogen and oxygen atoms in total. The van der Waals surface area contributed by atoms with Crippen molar-refractivity contribution in [3.8, 4) is 0 Å². The van der Waals surface area contributed by atoms with Crippen LogP contribution in [0.3, 0.4) is 0 Å². The first kappa shape index (κ1) is 11.7. The van der Waals surface area contributed by atoms with Crippen LogP contribution in [0.4, 0.5) is 4.79 Å². The number of piperidine rings is 1. The summed E-state index contributed by atoms with van der Waals surface area (Å²) in [5.74, 6) is 0.541. The van der Waals surface area contributed by atoms with Gasteiger partial charge in [0.1, 0.15) is 6.61 Å². The van der Waals surface area contributed by atoms with Crippen LogP contribution in [0.25, 0.3) is 0 Å². The minimum Gasteiger partial charge on any atom is -0.447 e. The molecule has 2 rings (SSSR count). The Morgan fingerprint density at radius 2 is 2.19 bits per heavy atom. The summed E-state index contributed by atoms with van der Waals surface area (Å²) in [5, 5.41) is 3.41. The van der Waals surface area contributed by atoms with Crippen molar-refractivity contribution in [3.05, 3.63) is 0 Å². The third-order valence-electron chi connectivity index (χ3n) is 3.51. The molecule has 4 heteroatoms. The standard InChI is InChI=1S/C12H22N2O2/c1-12(2,3)14-10(8-16-11(14)15)9-5-4-6-13-7-9/h9-10,13H,4-8H2,1-3H3. The molecule has 0 saturated carbocycles. The van der Waals surface area contributed by atoms with Crippen LogP contribution >= 0.6 is 0 Å². The van der Waals surface area contributed by atoms with Gasteiger partial charge < -0.3 is 10.1 Å². The third kappa shape index (κ3) is 2.17. The van der Waals surface area contributed by atoms with Gasteiger partial charge in [-0.1, -0.05) is 0 Å². The second-order valence-corrected chi connectivity index (χ2v) is 5.79. The molecule has 0 aromatic heterocycles. The summed E-state index contributed by atoms with van der Waals surface area (Å²) in [6.45, 7) is 8.89. The van der Waals surface area contributed by atoms with E-state index in [2.05, 4.69) is 26.1 Å². The van der Waals surface area contributed by atoms with Crippen LogP contribution < -0.4 is 5.32 Å². The molecule has 2 atom stereocenters. The van der Waals surface area contributed by atoms with Crippen LogP contribution in [-0.4, -0.2) is 42.3 Å². The number of hydrogen-bond donors (Lipinski definition) is 1. The molecule has 92 valence electrons. The fraction of sp³-hybridized carbons (Fsp3) is 0.917. The van der Waals surface area contributed by atoms with Gasteiger partial charge in [-0.05, 0) is 46.1 Å². The predicted octanol–water partition coefficient (Wildman–Crippen LogP) is 1.61. The van der Waals surface area contributed by atoms with E-state index in [0.29, 0.717) is 12.5 Å². The molecular weight excluding hydrogens is 204 g/mol. The van der Waals surface area contributed by atoms with Crippen LogP contribution in [0.1, 0.15) is 33.6 Å². The van der Waals surface area contributed by atoms with Crippen LogP contribution in [-0.2, 0) is 4.74 Å². The maximum atomic E-state index is 11.8. The summed E-state index contributed by atoms with van der Waals surface area (Å²) in [6, 6.07) is 0.250. The van der Waals surface area contributed by atoms with Crippen molar-refractivity contribution < 1.29 is 9.53 Å². The van der Waals surface area contributed by atoms with Gasteiger partial charge in [-0.15, -0.1) is 0 Å². The number of nitrogens with one attached hydrogen (secondary N) is 1. The van der Waals surface area contributed by atoms with E-state index in [1.165, 1.54) is 12.8 Å². The molecule has 16 heavy (non-hydrogen) atoms. The minimum atomic E-state index is -0.150. The summed E-state index contributed by atoms with van der Waals surface area (Å²) in [4.78, 5) is 13.7. The summed E-state index contributed by atoms with van der Waals surface area (Å²) < 4.78 is 5.22.